The van der Waals surface area contributed by atoms with Crippen LogP contribution in [0.25, 0.3) is 33.0 Å². The monoisotopic (exact) mass is 254 g/mol. The molecule has 0 atom stereocenters. The predicted octanol–water partition coefficient (Wildman–Crippen LogP) is 4.18. The van der Waals surface area contributed by atoms with E-state index in [1.807, 2.05) is 24.3 Å². The van der Waals surface area contributed by atoms with Gasteiger partial charge in [0.15, 0.2) is 5.15 Å². The molecular formula is C14H7ClN2O. The average molecular weight is 255 g/mol. The summed E-state index contributed by atoms with van der Waals surface area (Å²) in [6, 6.07) is 12.1. The third-order valence-corrected chi connectivity index (χ3v) is 3.23. The maximum Gasteiger partial charge on any atom is 0.247 e. The second-order valence-electron chi connectivity index (χ2n) is 4.11. The highest BCUT2D eigenvalue weighted by Gasteiger charge is 2.12. The lowest BCUT2D eigenvalue weighted by molar-refractivity contribution is 0.656. The zero-order valence-electron chi connectivity index (χ0n) is 9.22. The Hall–Kier alpha value is -2.13. The van der Waals surface area contributed by atoms with E-state index in [-0.39, 0.29) is 0 Å². The molecule has 86 valence electrons. The van der Waals surface area contributed by atoms with Crippen LogP contribution in [0, 0.1) is 0 Å². The van der Waals surface area contributed by atoms with Gasteiger partial charge >= 0.3 is 0 Å². The minimum Gasteiger partial charge on any atom is -0.436 e. The van der Waals surface area contributed by atoms with Gasteiger partial charge in [-0.1, -0.05) is 41.9 Å². The summed E-state index contributed by atoms with van der Waals surface area (Å²) in [6.07, 6.45) is 1.54. The number of fused-ring (bicyclic) bond motifs is 5. The van der Waals surface area contributed by atoms with Crippen LogP contribution < -0.4 is 0 Å². The molecule has 0 radical (unpaired) electrons. The van der Waals surface area contributed by atoms with Crippen molar-refractivity contribution in [1.82, 2.24) is 9.97 Å². The van der Waals surface area contributed by atoms with E-state index in [2.05, 4.69) is 22.1 Å². The fourth-order valence-electron chi connectivity index (χ4n) is 2.24. The lowest BCUT2D eigenvalue weighted by Gasteiger charge is -1.96. The third kappa shape index (κ3) is 1.25. The van der Waals surface area contributed by atoms with Gasteiger partial charge in [-0.15, -0.1) is 0 Å². The van der Waals surface area contributed by atoms with Crippen molar-refractivity contribution in [3.8, 4) is 0 Å². The summed E-state index contributed by atoms with van der Waals surface area (Å²) in [4.78, 5) is 8.44. The van der Waals surface area contributed by atoms with Crippen molar-refractivity contribution in [2.75, 3.05) is 0 Å². The Morgan fingerprint density at radius 2 is 1.89 bits per heavy atom. The molecule has 0 spiro atoms. The molecule has 4 aromatic rings. The molecule has 0 aliphatic rings. The average Bonchev–Trinajstić information content (AvgIpc) is 2.76. The molecule has 3 nitrogen and oxygen atoms in total. The first-order chi connectivity index (χ1) is 8.83. The van der Waals surface area contributed by atoms with Crippen molar-refractivity contribution in [1.29, 1.82) is 0 Å². The van der Waals surface area contributed by atoms with Gasteiger partial charge in [-0.25, -0.2) is 4.98 Å². The summed E-state index contributed by atoms with van der Waals surface area (Å²) >= 11 is 5.83. The first-order valence-corrected chi connectivity index (χ1v) is 5.93. The Morgan fingerprint density at radius 1 is 1.00 bits per heavy atom. The molecule has 0 fully saturated rings. The van der Waals surface area contributed by atoms with Gasteiger partial charge in [-0.3, -0.25) is 0 Å². The Balaban J connectivity index is 2.29. The molecule has 18 heavy (non-hydrogen) atoms. The van der Waals surface area contributed by atoms with Gasteiger partial charge in [0.05, 0.1) is 6.20 Å². The van der Waals surface area contributed by atoms with Gasteiger partial charge in [0, 0.05) is 10.8 Å². The summed E-state index contributed by atoms with van der Waals surface area (Å²) in [6.45, 7) is 0. The maximum atomic E-state index is 5.83. The van der Waals surface area contributed by atoms with Gasteiger partial charge in [0.1, 0.15) is 11.1 Å². The molecule has 0 saturated carbocycles. The van der Waals surface area contributed by atoms with Crippen LogP contribution in [0.15, 0.2) is 47.0 Å². The molecule has 0 bridgehead atoms. The van der Waals surface area contributed by atoms with Gasteiger partial charge < -0.3 is 4.42 Å². The minimum atomic E-state index is 0.339. The van der Waals surface area contributed by atoms with E-state index in [9.17, 15) is 0 Å². The van der Waals surface area contributed by atoms with Crippen LogP contribution in [-0.2, 0) is 0 Å². The van der Waals surface area contributed by atoms with Crippen LogP contribution in [0.1, 0.15) is 0 Å². The fraction of sp³-hybridized carbons (Fsp3) is 0. The number of benzene rings is 2. The maximum absolute atomic E-state index is 5.83. The zero-order valence-corrected chi connectivity index (χ0v) is 9.98. The summed E-state index contributed by atoms with van der Waals surface area (Å²) in [5, 5.41) is 3.50. The van der Waals surface area contributed by atoms with E-state index >= 15 is 0 Å². The predicted molar refractivity (Wildman–Crippen MR) is 71.8 cm³/mol. The van der Waals surface area contributed by atoms with E-state index in [1.165, 1.54) is 6.20 Å². The second kappa shape index (κ2) is 3.43. The number of aromatic nitrogens is 2. The quantitative estimate of drug-likeness (QED) is 0.472. The van der Waals surface area contributed by atoms with Crippen molar-refractivity contribution >= 4 is 44.6 Å². The third-order valence-electron chi connectivity index (χ3n) is 3.04. The van der Waals surface area contributed by atoms with Crippen LogP contribution in [-0.4, -0.2) is 9.97 Å². The topological polar surface area (TPSA) is 38.9 Å². The van der Waals surface area contributed by atoms with Crippen LogP contribution in [0.3, 0.4) is 0 Å². The van der Waals surface area contributed by atoms with Gasteiger partial charge in [0.25, 0.3) is 0 Å². The highest BCUT2D eigenvalue weighted by molar-refractivity contribution is 6.29. The van der Waals surface area contributed by atoms with Crippen LogP contribution >= 0.6 is 11.6 Å². The molecule has 4 rings (SSSR count). The molecule has 0 unspecified atom stereocenters. The van der Waals surface area contributed by atoms with Gasteiger partial charge in [0.2, 0.25) is 5.71 Å². The molecule has 0 amide bonds. The Kier molecular flexibility index (Phi) is 1.88. The smallest absolute Gasteiger partial charge is 0.247 e. The van der Waals surface area contributed by atoms with E-state index < -0.39 is 0 Å². The SMILES string of the molecule is Clc1cnc2c(n1)oc1c3ccccc3ccc21. The lowest BCUT2D eigenvalue weighted by Crippen LogP contribution is -1.78. The Bertz CT molecular complexity index is 898. The first-order valence-electron chi connectivity index (χ1n) is 5.55. The molecule has 4 heteroatoms. The Morgan fingerprint density at radius 3 is 2.83 bits per heavy atom. The van der Waals surface area contributed by atoms with Crippen molar-refractivity contribution in [3.63, 3.8) is 0 Å². The molecule has 0 aliphatic carbocycles. The second-order valence-corrected chi connectivity index (χ2v) is 4.50. The minimum absolute atomic E-state index is 0.339. The summed E-state index contributed by atoms with van der Waals surface area (Å²) in [7, 11) is 0. The first kappa shape index (κ1) is 9.85. The van der Waals surface area contributed by atoms with E-state index in [0.29, 0.717) is 10.9 Å². The van der Waals surface area contributed by atoms with E-state index in [0.717, 1.165) is 27.3 Å². The van der Waals surface area contributed by atoms with Crippen LogP contribution in [0.5, 0.6) is 0 Å². The summed E-state index contributed by atoms with van der Waals surface area (Å²) < 4.78 is 5.79. The largest absolute Gasteiger partial charge is 0.436 e. The Labute approximate surface area is 107 Å². The number of halogens is 1. The summed E-state index contributed by atoms with van der Waals surface area (Å²) in [5.74, 6) is 0. The molecular weight excluding hydrogens is 248 g/mol. The lowest BCUT2D eigenvalue weighted by atomic mass is 10.1. The van der Waals surface area contributed by atoms with E-state index in [1.54, 1.807) is 0 Å². The molecule has 2 aromatic carbocycles. The van der Waals surface area contributed by atoms with Crippen molar-refractivity contribution in [2.45, 2.75) is 0 Å². The molecule has 2 heterocycles. The molecule has 0 saturated heterocycles. The highest BCUT2D eigenvalue weighted by Crippen LogP contribution is 2.32. The fourth-order valence-corrected chi connectivity index (χ4v) is 2.37. The highest BCUT2D eigenvalue weighted by atomic mass is 35.5. The molecule has 0 aliphatic heterocycles. The van der Waals surface area contributed by atoms with E-state index in [4.69, 9.17) is 16.0 Å². The molecule has 0 N–H and O–H groups in total. The van der Waals surface area contributed by atoms with Crippen molar-refractivity contribution < 1.29 is 4.42 Å². The van der Waals surface area contributed by atoms with Crippen LogP contribution in [0.4, 0.5) is 0 Å². The van der Waals surface area contributed by atoms with Crippen molar-refractivity contribution in [3.05, 3.63) is 47.7 Å². The van der Waals surface area contributed by atoms with Crippen LogP contribution in [0.2, 0.25) is 5.15 Å². The zero-order chi connectivity index (χ0) is 12.1. The number of nitrogens with zero attached hydrogens (tertiary/aromatic N) is 2. The number of furan rings is 1. The number of hydrogen-bond donors (Lipinski definition) is 0. The molecule has 2 aromatic heterocycles. The normalized spacial score (nSPS) is 11.6. The standard InChI is InChI=1S/C14H7ClN2O/c15-11-7-16-12-10-6-5-8-3-1-2-4-9(8)13(10)18-14(12)17-11/h1-7H. The number of rotatable bonds is 0. The van der Waals surface area contributed by atoms with Gasteiger partial charge in [-0.05, 0) is 11.5 Å². The van der Waals surface area contributed by atoms with Crippen molar-refractivity contribution in [2.24, 2.45) is 0 Å². The number of hydrogen-bond acceptors (Lipinski definition) is 3. The summed E-state index contributed by atoms with van der Waals surface area (Å²) in [5.41, 5.74) is 2.04. The van der Waals surface area contributed by atoms with Gasteiger partial charge in [-0.2, -0.15) is 4.98 Å².